The lowest BCUT2D eigenvalue weighted by Crippen LogP contribution is -2.32. The van der Waals surface area contributed by atoms with Crippen LogP contribution >= 0.6 is 0 Å². The number of aromatic nitrogens is 2. The summed E-state index contributed by atoms with van der Waals surface area (Å²) in [5, 5.41) is 14.5. The van der Waals surface area contributed by atoms with E-state index < -0.39 is 6.10 Å². The predicted molar refractivity (Wildman–Crippen MR) is 83.2 cm³/mol. The zero-order valence-electron chi connectivity index (χ0n) is 12.7. The predicted octanol–water partition coefficient (Wildman–Crippen LogP) is 1.48. The van der Waals surface area contributed by atoms with E-state index in [9.17, 15) is 9.90 Å². The zero-order chi connectivity index (χ0) is 15.5. The molecule has 0 saturated heterocycles. The van der Waals surface area contributed by atoms with Crippen molar-refractivity contribution in [1.29, 1.82) is 0 Å². The highest BCUT2D eigenvalue weighted by molar-refractivity contribution is 5.31. The second-order valence-electron chi connectivity index (χ2n) is 5.72. The Labute approximate surface area is 129 Å². The molecule has 0 aliphatic heterocycles. The minimum absolute atomic E-state index is 0.135. The maximum Gasteiger partial charge on any atom is 0.267 e. The molecule has 0 spiro atoms. The summed E-state index contributed by atoms with van der Waals surface area (Å²) in [5.74, 6) is 0.746. The lowest BCUT2D eigenvalue weighted by atomic mass is 10.2. The molecule has 0 saturated carbocycles. The van der Waals surface area contributed by atoms with Crippen molar-refractivity contribution in [3.8, 4) is 5.75 Å². The third-order valence-corrected chi connectivity index (χ3v) is 3.93. The Hall–Kier alpha value is -2.14. The maximum atomic E-state index is 12.0. The smallest absolute Gasteiger partial charge is 0.267 e. The number of para-hydroxylation sites is 1. The standard InChI is InChI=1S/C17H20N2O3/c1-12-5-2-3-8-16(12)22-11-14(20)10-19-17(21)9-13-6-4-7-15(13)18-19/h2-3,5,8-9,14,20H,4,6-7,10-11H2,1H3/t14-/m1/s1. The van der Waals surface area contributed by atoms with Gasteiger partial charge in [0.05, 0.1) is 12.2 Å². The van der Waals surface area contributed by atoms with Crippen LogP contribution in [0.15, 0.2) is 35.1 Å². The minimum atomic E-state index is -0.774. The molecule has 3 rings (SSSR count). The summed E-state index contributed by atoms with van der Waals surface area (Å²) < 4.78 is 6.95. The minimum Gasteiger partial charge on any atom is -0.491 e. The van der Waals surface area contributed by atoms with Crippen molar-refractivity contribution in [2.45, 2.75) is 38.8 Å². The van der Waals surface area contributed by atoms with Crippen molar-refractivity contribution in [3.05, 3.63) is 57.5 Å². The molecule has 0 amide bonds. The number of fused-ring (bicyclic) bond motifs is 1. The first-order chi connectivity index (χ1) is 10.6. The molecule has 1 aliphatic rings. The zero-order valence-corrected chi connectivity index (χ0v) is 12.7. The van der Waals surface area contributed by atoms with Gasteiger partial charge in [-0.3, -0.25) is 4.79 Å². The lowest BCUT2D eigenvalue weighted by Gasteiger charge is -2.15. The van der Waals surface area contributed by atoms with Crippen LogP contribution in [0.5, 0.6) is 5.75 Å². The van der Waals surface area contributed by atoms with Gasteiger partial charge in [0, 0.05) is 6.07 Å². The monoisotopic (exact) mass is 300 g/mol. The van der Waals surface area contributed by atoms with Crippen molar-refractivity contribution in [2.24, 2.45) is 0 Å². The molecule has 5 nitrogen and oxygen atoms in total. The van der Waals surface area contributed by atoms with E-state index in [4.69, 9.17) is 4.74 Å². The number of aliphatic hydroxyl groups excluding tert-OH is 1. The third-order valence-electron chi connectivity index (χ3n) is 3.93. The first kappa shape index (κ1) is 14.8. The molecule has 1 atom stereocenters. The quantitative estimate of drug-likeness (QED) is 0.908. The number of hydrogen-bond acceptors (Lipinski definition) is 4. The van der Waals surface area contributed by atoms with Crippen LogP contribution in [0.3, 0.4) is 0 Å². The van der Waals surface area contributed by atoms with E-state index in [1.54, 1.807) is 6.07 Å². The van der Waals surface area contributed by atoms with Gasteiger partial charge in [-0.05, 0) is 43.4 Å². The summed E-state index contributed by atoms with van der Waals surface area (Å²) in [6.07, 6.45) is 2.11. The van der Waals surface area contributed by atoms with Crippen molar-refractivity contribution >= 4 is 0 Å². The topological polar surface area (TPSA) is 64.3 Å². The number of aryl methyl sites for hydroxylation is 3. The van der Waals surface area contributed by atoms with E-state index in [-0.39, 0.29) is 18.7 Å². The van der Waals surface area contributed by atoms with E-state index in [1.165, 1.54) is 4.68 Å². The summed E-state index contributed by atoms with van der Waals surface area (Å²) >= 11 is 0. The fraction of sp³-hybridized carbons (Fsp3) is 0.412. The first-order valence-electron chi connectivity index (χ1n) is 7.60. The molecule has 1 aromatic carbocycles. The van der Waals surface area contributed by atoms with Gasteiger partial charge in [0.15, 0.2) is 0 Å². The Bertz CT molecular complexity index is 724. The molecular weight excluding hydrogens is 280 g/mol. The van der Waals surface area contributed by atoms with Gasteiger partial charge in [0.1, 0.15) is 18.5 Å². The molecule has 116 valence electrons. The molecule has 0 radical (unpaired) electrons. The molecule has 1 aromatic heterocycles. The molecule has 1 heterocycles. The molecule has 22 heavy (non-hydrogen) atoms. The van der Waals surface area contributed by atoms with Crippen LogP contribution in [0, 0.1) is 6.92 Å². The average Bonchev–Trinajstić information content (AvgIpc) is 2.94. The van der Waals surface area contributed by atoms with Gasteiger partial charge in [-0.25, -0.2) is 4.68 Å². The number of benzene rings is 1. The van der Waals surface area contributed by atoms with E-state index in [1.807, 2.05) is 31.2 Å². The third kappa shape index (κ3) is 3.20. The Morgan fingerprint density at radius 2 is 2.18 bits per heavy atom. The highest BCUT2D eigenvalue weighted by atomic mass is 16.5. The van der Waals surface area contributed by atoms with Crippen LogP contribution in [0.25, 0.3) is 0 Å². The van der Waals surface area contributed by atoms with E-state index >= 15 is 0 Å². The average molecular weight is 300 g/mol. The van der Waals surface area contributed by atoms with Gasteiger partial charge >= 0.3 is 0 Å². The normalized spacial score (nSPS) is 14.6. The van der Waals surface area contributed by atoms with Crippen molar-refractivity contribution in [2.75, 3.05) is 6.61 Å². The van der Waals surface area contributed by atoms with Gasteiger partial charge in [0.2, 0.25) is 0 Å². The fourth-order valence-corrected chi connectivity index (χ4v) is 2.73. The Kier molecular flexibility index (Phi) is 4.24. The van der Waals surface area contributed by atoms with Crippen LogP contribution in [0.1, 0.15) is 23.2 Å². The molecular formula is C17H20N2O3. The fourth-order valence-electron chi connectivity index (χ4n) is 2.73. The molecule has 1 N–H and O–H groups in total. The Morgan fingerprint density at radius 3 is 3.00 bits per heavy atom. The largest absolute Gasteiger partial charge is 0.491 e. The summed E-state index contributed by atoms with van der Waals surface area (Å²) in [6, 6.07) is 9.29. The molecule has 0 unspecified atom stereocenters. The van der Waals surface area contributed by atoms with Crippen LogP contribution in [0.4, 0.5) is 0 Å². The van der Waals surface area contributed by atoms with E-state index in [0.717, 1.165) is 41.8 Å². The van der Waals surface area contributed by atoms with Crippen LogP contribution in [-0.4, -0.2) is 27.6 Å². The summed E-state index contributed by atoms with van der Waals surface area (Å²) in [5.41, 5.74) is 2.89. The lowest BCUT2D eigenvalue weighted by molar-refractivity contribution is 0.0875. The maximum absolute atomic E-state index is 12.0. The van der Waals surface area contributed by atoms with E-state index in [0.29, 0.717) is 0 Å². The number of nitrogens with zero attached hydrogens (tertiary/aromatic N) is 2. The molecule has 1 aliphatic carbocycles. The molecule has 5 heteroatoms. The van der Waals surface area contributed by atoms with Gasteiger partial charge in [0.25, 0.3) is 5.56 Å². The first-order valence-corrected chi connectivity index (χ1v) is 7.60. The summed E-state index contributed by atoms with van der Waals surface area (Å²) in [6.45, 7) is 2.24. The summed E-state index contributed by atoms with van der Waals surface area (Å²) in [7, 11) is 0. The van der Waals surface area contributed by atoms with Gasteiger partial charge < -0.3 is 9.84 Å². The molecule has 0 fully saturated rings. The van der Waals surface area contributed by atoms with Gasteiger partial charge in [-0.2, -0.15) is 5.10 Å². The van der Waals surface area contributed by atoms with Gasteiger partial charge in [-0.1, -0.05) is 18.2 Å². The Balaban J connectivity index is 1.64. The van der Waals surface area contributed by atoms with Gasteiger partial charge in [-0.15, -0.1) is 0 Å². The second kappa shape index (κ2) is 6.32. The second-order valence-corrected chi connectivity index (χ2v) is 5.72. The Morgan fingerprint density at radius 1 is 1.36 bits per heavy atom. The highest BCUT2D eigenvalue weighted by Gasteiger charge is 2.16. The van der Waals surface area contributed by atoms with Crippen molar-refractivity contribution < 1.29 is 9.84 Å². The number of hydrogen-bond donors (Lipinski definition) is 1. The SMILES string of the molecule is Cc1ccccc1OC[C@H](O)Cn1nc2c(cc1=O)CCC2. The van der Waals surface area contributed by atoms with Crippen LogP contribution in [0.2, 0.25) is 0 Å². The summed E-state index contributed by atoms with van der Waals surface area (Å²) in [4.78, 5) is 12.0. The van der Waals surface area contributed by atoms with Crippen LogP contribution in [-0.2, 0) is 19.4 Å². The molecule has 0 bridgehead atoms. The number of ether oxygens (including phenoxy) is 1. The number of aliphatic hydroxyl groups is 1. The van der Waals surface area contributed by atoms with Crippen LogP contribution < -0.4 is 10.3 Å². The van der Waals surface area contributed by atoms with E-state index in [2.05, 4.69) is 5.10 Å². The van der Waals surface area contributed by atoms with Crippen molar-refractivity contribution in [3.63, 3.8) is 0 Å². The van der Waals surface area contributed by atoms with Crippen molar-refractivity contribution in [1.82, 2.24) is 9.78 Å². The highest BCUT2D eigenvalue weighted by Crippen LogP contribution is 2.18. The number of rotatable bonds is 5. The molecule has 2 aromatic rings.